The van der Waals surface area contributed by atoms with Gasteiger partial charge < -0.3 is 14.2 Å². The Hall–Kier alpha value is -1.44. The van der Waals surface area contributed by atoms with E-state index < -0.39 is 29.4 Å². The highest BCUT2D eigenvalue weighted by atomic mass is 79.9. The number of rotatable bonds is 1. The van der Waals surface area contributed by atoms with E-state index in [2.05, 4.69) is 20.7 Å². The topological polar surface area (TPSA) is 44.8 Å². The predicted octanol–water partition coefficient (Wildman–Crippen LogP) is 3.63. The van der Waals surface area contributed by atoms with Crippen LogP contribution in [-0.2, 0) is 4.74 Å². The smallest absolute Gasteiger partial charge is 0.451 e. The summed E-state index contributed by atoms with van der Waals surface area (Å²) in [5, 5.41) is 0. The fourth-order valence-electron chi connectivity index (χ4n) is 1.58. The minimum absolute atomic E-state index is 0.0389. The molecule has 1 aliphatic heterocycles. The third kappa shape index (κ3) is 2.94. The average molecular weight is 341 g/mol. The first-order chi connectivity index (χ1) is 8.59. The zero-order chi connectivity index (χ0) is 14.4. The van der Waals surface area contributed by atoms with E-state index in [-0.39, 0.29) is 5.75 Å². The minimum Gasteiger partial charge on any atom is -0.451 e. The first-order valence-corrected chi connectivity index (χ1v) is 5.89. The molecule has 0 N–H and O–H groups in total. The van der Waals surface area contributed by atoms with Gasteiger partial charge in [0, 0.05) is 13.8 Å². The number of hydrogen-bond donors (Lipinski definition) is 0. The van der Waals surface area contributed by atoms with Gasteiger partial charge in [-0.2, -0.15) is 0 Å². The summed E-state index contributed by atoms with van der Waals surface area (Å²) in [6.45, 7) is 2.94. The number of halogens is 4. The summed E-state index contributed by atoms with van der Waals surface area (Å²) in [5.74, 6) is -2.90. The number of esters is 1. The van der Waals surface area contributed by atoms with Crippen LogP contribution in [0.1, 0.15) is 24.2 Å². The van der Waals surface area contributed by atoms with Crippen molar-refractivity contribution >= 4 is 21.9 Å². The van der Waals surface area contributed by atoms with Crippen molar-refractivity contribution in [3.63, 3.8) is 0 Å². The maximum absolute atomic E-state index is 12.3. The lowest BCUT2D eigenvalue weighted by atomic mass is 10.1. The third-order valence-electron chi connectivity index (χ3n) is 2.19. The Morgan fingerprint density at radius 3 is 2.47 bits per heavy atom. The molecule has 0 amide bonds. The summed E-state index contributed by atoms with van der Waals surface area (Å²) in [4.78, 5) is 11.8. The highest BCUT2D eigenvalue weighted by molar-refractivity contribution is 9.10. The number of cyclic esters (lactones) is 1. The standard InChI is InChI=1S/C11H8BrF3O4/c1-10(2)18-8-5(12)3-4-6(17-11(13,14)15)7(8)9(16)19-10/h3-4H,1-2H3. The van der Waals surface area contributed by atoms with Crippen LogP contribution in [0.15, 0.2) is 16.6 Å². The van der Waals surface area contributed by atoms with E-state index in [0.717, 1.165) is 6.07 Å². The van der Waals surface area contributed by atoms with E-state index in [0.29, 0.717) is 4.47 Å². The number of alkyl halides is 3. The molecule has 1 aliphatic rings. The molecule has 4 nitrogen and oxygen atoms in total. The molecule has 8 heteroatoms. The van der Waals surface area contributed by atoms with Gasteiger partial charge in [0.05, 0.1) is 4.47 Å². The molecular weight excluding hydrogens is 333 g/mol. The van der Waals surface area contributed by atoms with Crippen LogP contribution in [0.2, 0.25) is 0 Å². The molecule has 104 valence electrons. The van der Waals surface area contributed by atoms with Crippen molar-refractivity contribution in [3.8, 4) is 11.5 Å². The largest absolute Gasteiger partial charge is 0.573 e. The molecule has 0 bridgehead atoms. The molecule has 0 unspecified atom stereocenters. The van der Waals surface area contributed by atoms with Gasteiger partial charge in [0.1, 0.15) is 11.3 Å². The quantitative estimate of drug-likeness (QED) is 0.732. The van der Waals surface area contributed by atoms with Gasteiger partial charge in [0.15, 0.2) is 5.75 Å². The van der Waals surface area contributed by atoms with Crippen LogP contribution in [0.25, 0.3) is 0 Å². The van der Waals surface area contributed by atoms with Crippen LogP contribution < -0.4 is 9.47 Å². The summed E-state index contributed by atoms with van der Waals surface area (Å²) in [7, 11) is 0. The molecular formula is C11H8BrF3O4. The fraction of sp³-hybridized carbons (Fsp3) is 0.364. The van der Waals surface area contributed by atoms with Crippen molar-refractivity contribution in [1.82, 2.24) is 0 Å². The van der Waals surface area contributed by atoms with Crippen LogP contribution in [-0.4, -0.2) is 18.1 Å². The Morgan fingerprint density at radius 1 is 1.26 bits per heavy atom. The molecule has 1 aromatic carbocycles. The van der Waals surface area contributed by atoms with Gasteiger partial charge in [-0.3, -0.25) is 0 Å². The Bertz CT molecular complexity index is 539. The van der Waals surface area contributed by atoms with Gasteiger partial charge in [-0.15, -0.1) is 13.2 Å². The van der Waals surface area contributed by atoms with Crippen LogP contribution in [0.3, 0.4) is 0 Å². The van der Waals surface area contributed by atoms with Crippen molar-refractivity contribution in [3.05, 3.63) is 22.2 Å². The number of hydrogen-bond acceptors (Lipinski definition) is 4. The Labute approximate surface area is 114 Å². The number of carbonyl (C=O) groups excluding carboxylic acids is 1. The molecule has 2 rings (SSSR count). The van der Waals surface area contributed by atoms with Gasteiger partial charge in [-0.05, 0) is 28.1 Å². The second-order valence-electron chi connectivity index (χ2n) is 4.19. The van der Waals surface area contributed by atoms with Crippen molar-refractivity contribution < 1.29 is 32.2 Å². The molecule has 0 saturated heterocycles. The molecule has 1 heterocycles. The maximum atomic E-state index is 12.3. The van der Waals surface area contributed by atoms with E-state index in [4.69, 9.17) is 9.47 Å². The van der Waals surface area contributed by atoms with Gasteiger partial charge in [-0.25, -0.2) is 4.79 Å². The second-order valence-corrected chi connectivity index (χ2v) is 5.04. The lowest BCUT2D eigenvalue weighted by Gasteiger charge is -2.32. The number of benzene rings is 1. The molecule has 19 heavy (non-hydrogen) atoms. The summed E-state index contributed by atoms with van der Waals surface area (Å²) < 4.78 is 51.1. The molecule has 0 aliphatic carbocycles. The molecule has 0 radical (unpaired) electrons. The molecule has 1 aromatic rings. The zero-order valence-corrected chi connectivity index (χ0v) is 11.4. The van der Waals surface area contributed by atoms with E-state index in [1.54, 1.807) is 0 Å². The second kappa shape index (κ2) is 4.29. The molecule has 0 aromatic heterocycles. The third-order valence-corrected chi connectivity index (χ3v) is 2.81. The Kier molecular flexibility index (Phi) is 3.16. The van der Waals surface area contributed by atoms with Crippen LogP contribution in [0, 0.1) is 0 Å². The zero-order valence-electron chi connectivity index (χ0n) is 9.80. The normalized spacial score (nSPS) is 17.3. The summed E-state index contributed by atoms with van der Waals surface area (Å²) >= 11 is 3.11. The van der Waals surface area contributed by atoms with E-state index in [1.807, 2.05) is 0 Å². The van der Waals surface area contributed by atoms with Crippen molar-refractivity contribution in [2.45, 2.75) is 26.0 Å². The molecule has 0 atom stereocenters. The molecule has 0 fully saturated rings. The monoisotopic (exact) mass is 340 g/mol. The van der Waals surface area contributed by atoms with E-state index in [9.17, 15) is 18.0 Å². The van der Waals surface area contributed by atoms with E-state index in [1.165, 1.54) is 19.9 Å². The van der Waals surface area contributed by atoms with Gasteiger partial charge in [0.2, 0.25) is 5.79 Å². The first kappa shape index (κ1) is 14.0. The SMILES string of the molecule is CC1(C)OC(=O)c2c(OC(F)(F)F)ccc(Br)c2O1. The van der Waals surface area contributed by atoms with Gasteiger partial charge >= 0.3 is 12.3 Å². The highest BCUT2D eigenvalue weighted by Crippen LogP contribution is 2.43. The van der Waals surface area contributed by atoms with Crippen LogP contribution in [0.5, 0.6) is 11.5 Å². The molecule has 0 spiro atoms. The summed E-state index contributed by atoms with van der Waals surface area (Å²) in [5.41, 5.74) is -0.397. The fourth-order valence-corrected chi connectivity index (χ4v) is 1.99. The van der Waals surface area contributed by atoms with Crippen molar-refractivity contribution in [2.24, 2.45) is 0 Å². The van der Waals surface area contributed by atoms with Crippen molar-refractivity contribution in [1.29, 1.82) is 0 Å². The lowest BCUT2D eigenvalue weighted by molar-refractivity contribution is -0.274. The average Bonchev–Trinajstić information content (AvgIpc) is 2.18. The van der Waals surface area contributed by atoms with E-state index >= 15 is 0 Å². The summed E-state index contributed by atoms with van der Waals surface area (Å²) in [6.07, 6.45) is -4.91. The Morgan fingerprint density at radius 2 is 1.89 bits per heavy atom. The Balaban J connectivity index is 2.54. The lowest BCUT2D eigenvalue weighted by Crippen LogP contribution is -2.39. The molecule has 0 saturated carbocycles. The first-order valence-electron chi connectivity index (χ1n) is 5.10. The van der Waals surface area contributed by atoms with Gasteiger partial charge in [-0.1, -0.05) is 0 Å². The minimum atomic E-state index is -4.91. The number of carbonyl (C=O) groups is 1. The van der Waals surface area contributed by atoms with Crippen molar-refractivity contribution in [2.75, 3.05) is 0 Å². The van der Waals surface area contributed by atoms with Crippen LogP contribution in [0.4, 0.5) is 13.2 Å². The van der Waals surface area contributed by atoms with Gasteiger partial charge in [0.25, 0.3) is 0 Å². The highest BCUT2D eigenvalue weighted by Gasteiger charge is 2.40. The van der Waals surface area contributed by atoms with Crippen LogP contribution >= 0.6 is 15.9 Å². The maximum Gasteiger partial charge on any atom is 0.573 e. The number of ether oxygens (including phenoxy) is 3. The summed E-state index contributed by atoms with van der Waals surface area (Å²) in [6, 6.07) is 2.31. The number of fused-ring (bicyclic) bond motifs is 1. The predicted molar refractivity (Wildman–Crippen MR) is 60.9 cm³/mol.